The van der Waals surface area contributed by atoms with E-state index in [9.17, 15) is 4.39 Å². The monoisotopic (exact) mass is 411 g/mol. The summed E-state index contributed by atoms with van der Waals surface area (Å²) in [7, 11) is 1.68. The van der Waals surface area contributed by atoms with Crippen LogP contribution in [-0.4, -0.2) is 48.1 Å². The molecule has 1 aromatic heterocycles. The molecule has 29 heavy (non-hydrogen) atoms. The molecular weight excluding hydrogens is 385 g/mol. The summed E-state index contributed by atoms with van der Waals surface area (Å²) in [6.07, 6.45) is 1.08. The van der Waals surface area contributed by atoms with Gasteiger partial charge in [-0.15, -0.1) is 11.3 Å². The third-order valence-corrected chi connectivity index (χ3v) is 6.23. The van der Waals surface area contributed by atoms with Crippen molar-refractivity contribution in [3.8, 4) is 16.3 Å². The molecule has 1 aliphatic rings. The number of thiazole rings is 1. The molecule has 6 heteroatoms. The molecule has 2 aromatic carbocycles. The van der Waals surface area contributed by atoms with Gasteiger partial charge in [0.05, 0.1) is 12.8 Å². The molecule has 4 nitrogen and oxygen atoms in total. The number of methoxy groups -OCH3 is 1. The Balaban J connectivity index is 1.35. The Hall–Kier alpha value is -2.28. The van der Waals surface area contributed by atoms with Crippen LogP contribution < -0.4 is 4.74 Å². The normalized spacial score (nSPS) is 15.9. The van der Waals surface area contributed by atoms with Gasteiger partial charge in [-0.25, -0.2) is 9.37 Å². The lowest BCUT2D eigenvalue weighted by Gasteiger charge is -2.21. The second-order valence-corrected chi connectivity index (χ2v) is 8.23. The van der Waals surface area contributed by atoms with Gasteiger partial charge in [-0.1, -0.05) is 30.3 Å². The molecule has 0 N–H and O–H groups in total. The first-order chi connectivity index (χ1) is 14.2. The van der Waals surface area contributed by atoms with Crippen LogP contribution >= 0.6 is 11.3 Å². The maximum atomic E-state index is 13.9. The van der Waals surface area contributed by atoms with Crippen LogP contribution in [0.4, 0.5) is 4.39 Å². The molecule has 0 radical (unpaired) electrons. The average Bonchev–Trinajstić information content (AvgIpc) is 3.10. The van der Waals surface area contributed by atoms with Gasteiger partial charge in [0, 0.05) is 42.7 Å². The van der Waals surface area contributed by atoms with Crippen molar-refractivity contribution in [3.05, 3.63) is 71.0 Å². The van der Waals surface area contributed by atoms with Crippen molar-refractivity contribution in [1.82, 2.24) is 14.8 Å². The van der Waals surface area contributed by atoms with Crippen LogP contribution in [0.25, 0.3) is 10.6 Å². The fourth-order valence-corrected chi connectivity index (χ4v) is 4.51. The minimum Gasteiger partial charge on any atom is -0.497 e. The minimum absolute atomic E-state index is 0.110. The Kier molecular flexibility index (Phi) is 6.54. The van der Waals surface area contributed by atoms with E-state index >= 15 is 0 Å². The highest BCUT2D eigenvalue weighted by molar-refractivity contribution is 7.13. The fourth-order valence-electron chi connectivity index (χ4n) is 3.71. The van der Waals surface area contributed by atoms with E-state index in [0.29, 0.717) is 6.54 Å². The van der Waals surface area contributed by atoms with Gasteiger partial charge in [-0.05, 0) is 37.7 Å². The van der Waals surface area contributed by atoms with Gasteiger partial charge in [0.2, 0.25) is 0 Å². The van der Waals surface area contributed by atoms with Gasteiger partial charge in [0.25, 0.3) is 0 Å². The van der Waals surface area contributed by atoms with E-state index in [-0.39, 0.29) is 5.82 Å². The number of benzene rings is 2. The van der Waals surface area contributed by atoms with E-state index < -0.39 is 0 Å². The van der Waals surface area contributed by atoms with Crippen LogP contribution in [0.5, 0.6) is 5.75 Å². The summed E-state index contributed by atoms with van der Waals surface area (Å²) in [4.78, 5) is 9.64. The Bertz CT molecular complexity index is 945. The maximum Gasteiger partial charge on any atom is 0.127 e. The summed E-state index contributed by atoms with van der Waals surface area (Å²) in [6.45, 7) is 5.49. The van der Waals surface area contributed by atoms with Crippen molar-refractivity contribution in [1.29, 1.82) is 0 Å². The van der Waals surface area contributed by atoms with Crippen molar-refractivity contribution in [3.63, 3.8) is 0 Å². The minimum atomic E-state index is -0.110. The Morgan fingerprint density at radius 1 is 1.00 bits per heavy atom. The molecule has 1 fully saturated rings. The van der Waals surface area contributed by atoms with E-state index in [1.807, 2.05) is 30.3 Å². The molecule has 3 aromatic rings. The molecule has 0 saturated carbocycles. The topological polar surface area (TPSA) is 28.6 Å². The van der Waals surface area contributed by atoms with Crippen molar-refractivity contribution in [2.75, 3.05) is 33.3 Å². The zero-order valence-corrected chi connectivity index (χ0v) is 17.5. The van der Waals surface area contributed by atoms with Crippen LogP contribution in [0.1, 0.15) is 17.7 Å². The van der Waals surface area contributed by atoms with Gasteiger partial charge in [-0.3, -0.25) is 9.80 Å². The maximum absolute atomic E-state index is 13.9. The molecule has 2 heterocycles. The van der Waals surface area contributed by atoms with Crippen LogP contribution in [0.15, 0.2) is 53.9 Å². The molecular formula is C23H26FN3OS. The third-order valence-electron chi connectivity index (χ3n) is 5.29. The predicted octanol–water partition coefficient (Wildman–Crippen LogP) is 4.67. The Morgan fingerprint density at radius 2 is 1.79 bits per heavy atom. The first-order valence-electron chi connectivity index (χ1n) is 9.98. The standard InChI is InChI=1S/C23H26FN3OS/c1-28-21-8-4-7-18(14-21)23-25-20(17-29-23)16-27-11-5-10-26(12-13-27)15-19-6-2-3-9-22(19)24/h2-4,6-9,14,17H,5,10-13,15-16H2,1H3. The van der Waals surface area contributed by atoms with E-state index in [0.717, 1.165) is 66.7 Å². The summed E-state index contributed by atoms with van der Waals surface area (Å²) in [5.74, 6) is 0.739. The number of hydrogen-bond acceptors (Lipinski definition) is 5. The van der Waals surface area contributed by atoms with Crippen molar-refractivity contribution >= 4 is 11.3 Å². The van der Waals surface area contributed by atoms with Crippen molar-refractivity contribution in [2.24, 2.45) is 0 Å². The van der Waals surface area contributed by atoms with Crippen molar-refractivity contribution in [2.45, 2.75) is 19.5 Å². The molecule has 0 atom stereocenters. The lowest BCUT2D eigenvalue weighted by molar-refractivity contribution is 0.244. The highest BCUT2D eigenvalue weighted by atomic mass is 32.1. The lowest BCUT2D eigenvalue weighted by atomic mass is 10.2. The van der Waals surface area contributed by atoms with Crippen LogP contribution in [0.2, 0.25) is 0 Å². The van der Waals surface area contributed by atoms with Crippen LogP contribution in [-0.2, 0) is 13.1 Å². The molecule has 0 unspecified atom stereocenters. The van der Waals surface area contributed by atoms with Gasteiger partial charge < -0.3 is 4.74 Å². The summed E-state index contributed by atoms with van der Waals surface area (Å²) in [5.41, 5.74) is 2.98. The highest BCUT2D eigenvalue weighted by Gasteiger charge is 2.17. The zero-order chi connectivity index (χ0) is 20.1. The van der Waals surface area contributed by atoms with Gasteiger partial charge in [0.1, 0.15) is 16.6 Å². The SMILES string of the molecule is COc1cccc(-c2nc(CN3CCCN(Cc4ccccc4F)CC3)cs2)c1. The number of nitrogens with zero attached hydrogens (tertiary/aromatic N) is 3. The molecule has 1 aliphatic heterocycles. The largest absolute Gasteiger partial charge is 0.497 e. The molecule has 152 valence electrons. The highest BCUT2D eigenvalue weighted by Crippen LogP contribution is 2.27. The Morgan fingerprint density at radius 3 is 2.59 bits per heavy atom. The second kappa shape index (κ2) is 9.48. The molecule has 4 rings (SSSR count). The Labute approximate surface area is 175 Å². The first-order valence-corrected chi connectivity index (χ1v) is 10.9. The number of hydrogen-bond donors (Lipinski definition) is 0. The molecule has 0 bridgehead atoms. The van der Waals surface area contributed by atoms with Crippen LogP contribution in [0, 0.1) is 5.82 Å². The zero-order valence-electron chi connectivity index (χ0n) is 16.7. The molecule has 0 amide bonds. The van der Waals surface area contributed by atoms with Crippen LogP contribution in [0.3, 0.4) is 0 Å². The molecule has 0 spiro atoms. The number of rotatable bonds is 6. The van der Waals surface area contributed by atoms with Gasteiger partial charge in [0.15, 0.2) is 0 Å². The number of aromatic nitrogens is 1. The van der Waals surface area contributed by atoms with E-state index in [1.165, 1.54) is 0 Å². The third kappa shape index (κ3) is 5.21. The first kappa shape index (κ1) is 20.0. The average molecular weight is 412 g/mol. The summed E-state index contributed by atoms with van der Waals surface area (Å²) < 4.78 is 19.3. The fraction of sp³-hybridized carbons (Fsp3) is 0.348. The quantitative estimate of drug-likeness (QED) is 0.590. The van der Waals surface area contributed by atoms with E-state index in [2.05, 4.69) is 21.2 Å². The summed E-state index contributed by atoms with van der Waals surface area (Å²) in [5, 5.41) is 3.17. The van der Waals surface area contributed by atoms with Gasteiger partial charge >= 0.3 is 0 Å². The number of ether oxygens (including phenoxy) is 1. The van der Waals surface area contributed by atoms with Gasteiger partial charge in [-0.2, -0.15) is 0 Å². The van der Waals surface area contributed by atoms with E-state index in [4.69, 9.17) is 9.72 Å². The lowest BCUT2D eigenvalue weighted by Crippen LogP contribution is -2.30. The molecule has 1 saturated heterocycles. The summed E-state index contributed by atoms with van der Waals surface area (Å²) >= 11 is 1.67. The second-order valence-electron chi connectivity index (χ2n) is 7.37. The summed E-state index contributed by atoms with van der Waals surface area (Å²) in [6, 6.07) is 15.1. The molecule has 0 aliphatic carbocycles. The smallest absolute Gasteiger partial charge is 0.127 e. The number of halogens is 1. The predicted molar refractivity (Wildman–Crippen MR) is 116 cm³/mol. The van der Waals surface area contributed by atoms with E-state index in [1.54, 1.807) is 30.6 Å². The van der Waals surface area contributed by atoms with Crippen molar-refractivity contribution < 1.29 is 9.13 Å².